The van der Waals surface area contributed by atoms with Crippen molar-refractivity contribution in [1.29, 1.82) is 5.26 Å². The fourth-order valence-corrected chi connectivity index (χ4v) is 5.07. The van der Waals surface area contributed by atoms with Gasteiger partial charge in [-0.05, 0) is 49.4 Å². The minimum atomic E-state index is -0.776. The SMILES string of the molecule is CC1CCCC(C#N)(C2(O)CC(C)CCC2C(C)C)C1. The zero-order chi connectivity index (χ0) is 15.0. The third-order valence-corrected chi connectivity index (χ3v) is 6.09. The molecule has 5 unspecified atom stereocenters. The molecule has 2 rings (SSSR count). The van der Waals surface area contributed by atoms with Gasteiger partial charge in [0.25, 0.3) is 0 Å². The normalized spacial score (nSPS) is 46.1. The summed E-state index contributed by atoms with van der Waals surface area (Å²) in [6, 6.07) is 2.61. The molecule has 2 saturated carbocycles. The standard InChI is InChI=1S/C18H31NO/c1-13(2)16-8-7-15(4)11-18(16,20)17(12-19)9-5-6-14(3)10-17/h13-16,20H,5-11H2,1-4H3. The maximum absolute atomic E-state index is 11.6. The predicted molar refractivity (Wildman–Crippen MR) is 82.0 cm³/mol. The number of nitrogens with zero attached hydrogens (tertiary/aromatic N) is 1. The molecule has 0 saturated heterocycles. The topological polar surface area (TPSA) is 44.0 Å². The lowest BCUT2D eigenvalue weighted by Crippen LogP contribution is -2.58. The number of rotatable bonds is 2. The second-order valence-corrected chi connectivity index (χ2v) is 8.06. The Morgan fingerprint density at radius 1 is 1.10 bits per heavy atom. The maximum Gasteiger partial charge on any atom is 0.0866 e. The van der Waals surface area contributed by atoms with E-state index < -0.39 is 11.0 Å². The fourth-order valence-electron chi connectivity index (χ4n) is 5.07. The Morgan fingerprint density at radius 3 is 2.30 bits per heavy atom. The molecule has 2 fully saturated rings. The Balaban J connectivity index is 2.39. The lowest BCUT2D eigenvalue weighted by atomic mass is 9.51. The lowest BCUT2D eigenvalue weighted by molar-refractivity contribution is -0.163. The summed E-state index contributed by atoms with van der Waals surface area (Å²) >= 11 is 0. The Bertz CT molecular complexity index is 385. The summed E-state index contributed by atoms with van der Waals surface area (Å²) in [5, 5.41) is 21.6. The highest BCUT2D eigenvalue weighted by molar-refractivity contribution is 5.16. The van der Waals surface area contributed by atoms with Crippen LogP contribution in [0.15, 0.2) is 0 Å². The molecule has 2 aliphatic rings. The Hall–Kier alpha value is -0.550. The molecule has 2 nitrogen and oxygen atoms in total. The third kappa shape index (κ3) is 2.50. The minimum absolute atomic E-state index is 0.281. The van der Waals surface area contributed by atoms with E-state index in [1.807, 2.05) is 0 Å². The van der Waals surface area contributed by atoms with Crippen molar-refractivity contribution in [2.75, 3.05) is 0 Å². The first-order valence-electron chi connectivity index (χ1n) is 8.48. The molecular weight excluding hydrogens is 246 g/mol. The van der Waals surface area contributed by atoms with Crippen molar-refractivity contribution in [3.8, 4) is 6.07 Å². The largest absolute Gasteiger partial charge is 0.388 e. The molecule has 0 aromatic carbocycles. The van der Waals surface area contributed by atoms with Crippen molar-refractivity contribution in [2.45, 2.75) is 78.2 Å². The summed E-state index contributed by atoms with van der Waals surface area (Å²) in [6.45, 7) is 8.90. The van der Waals surface area contributed by atoms with E-state index >= 15 is 0 Å². The van der Waals surface area contributed by atoms with Gasteiger partial charge in [0.1, 0.15) is 0 Å². The van der Waals surface area contributed by atoms with Gasteiger partial charge in [-0.2, -0.15) is 5.26 Å². The van der Waals surface area contributed by atoms with E-state index in [9.17, 15) is 10.4 Å². The molecule has 0 aromatic heterocycles. The van der Waals surface area contributed by atoms with Crippen LogP contribution in [-0.4, -0.2) is 10.7 Å². The molecule has 0 amide bonds. The van der Waals surface area contributed by atoms with Gasteiger partial charge >= 0.3 is 0 Å². The number of nitriles is 1. The summed E-state index contributed by atoms with van der Waals surface area (Å²) in [4.78, 5) is 0. The molecule has 0 spiro atoms. The van der Waals surface area contributed by atoms with E-state index in [0.29, 0.717) is 17.8 Å². The molecule has 0 aromatic rings. The average molecular weight is 277 g/mol. The van der Waals surface area contributed by atoms with Gasteiger partial charge in [-0.1, -0.05) is 47.0 Å². The van der Waals surface area contributed by atoms with Crippen molar-refractivity contribution in [2.24, 2.45) is 29.1 Å². The maximum atomic E-state index is 11.6. The van der Waals surface area contributed by atoms with Crippen molar-refractivity contribution in [3.05, 3.63) is 0 Å². The number of hydrogen-bond acceptors (Lipinski definition) is 2. The van der Waals surface area contributed by atoms with Crippen molar-refractivity contribution in [1.82, 2.24) is 0 Å². The molecule has 2 heteroatoms. The van der Waals surface area contributed by atoms with Gasteiger partial charge in [0.2, 0.25) is 0 Å². The van der Waals surface area contributed by atoms with Crippen LogP contribution in [0.1, 0.15) is 72.6 Å². The first-order chi connectivity index (χ1) is 9.34. The van der Waals surface area contributed by atoms with Gasteiger partial charge in [0.15, 0.2) is 0 Å². The van der Waals surface area contributed by atoms with Crippen LogP contribution < -0.4 is 0 Å². The molecular formula is C18H31NO. The van der Waals surface area contributed by atoms with Crippen molar-refractivity contribution < 1.29 is 5.11 Å². The van der Waals surface area contributed by atoms with Gasteiger partial charge in [0.05, 0.1) is 17.1 Å². The first-order valence-corrected chi connectivity index (χ1v) is 8.48. The molecule has 1 N–H and O–H groups in total. The highest BCUT2D eigenvalue weighted by Crippen LogP contribution is 2.56. The minimum Gasteiger partial charge on any atom is -0.388 e. The molecule has 0 radical (unpaired) electrons. The number of aliphatic hydroxyl groups is 1. The number of hydrogen-bond donors (Lipinski definition) is 1. The van der Waals surface area contributed by atoms with Gasteiger partial charge in [-0.15, -0.1) is 0 Å². The van der Waals surface area contributed by atoms with Crippen LogP contribution in [0.25, 0.3) is 0 Å². The van der Waals surface area contributed by atoms with Crippen LogP contribution in [0.4, 0.5) is 0 Å². The molecule has 5 atom stereocenters. The summed E-state index contributed by atoms with van der Waals surface area (Å²) in [5.74, 6) is 1.84. The third-order valence-electron chi connectivity index (χ3n) is 6.09. The Morgan fingerprint density at radius 2 is 1.75 bits per heavy atom. The van der Waals surface area contributed by atoms with Crippen LogP contribution in [0.2, 0.25) is 0 Å². The van der Waals surface area contributed by atoms with Gasteiger partial charge in [-0.25, -0.2) is 0 Å². The summed E-state index contributed by atoms with van der Waals surface area (Å²) in [6.07, 6.45) is 7.17. The van der Waals surface area contributed by atoms with Crippen LogP contribution in [-0.2, 0) is 0 Å². The first kappa shape index (κ1) is 15.8. The smallest absolute Gasteiger partial charge is 0.0866 e. The molecule has 0 aliphatic heterocycles. The van der Waals surface area contributed by atoms with Crippen molar-refractivity contribution in [3.63, 3.8) is 0 Å². The lowest BCUT2D eigenvalue weighted by Gasteiger charge is -2.55. The molecule has 20 heavy (non-hydrogen) atoms. The van der Waals surface area contributed by atoms with Crippen molar-refractivity contribution >= 4 is 0 Å². The molecule has 2 aliphatic carbocycles. The van der Waals surface area contributed by atoms with Crippen LogP contribution >= 0.6 is 0 Å². The molecule has 0 bridgehead atoms. The summed E-state index contributed by atoms with van der Waals surface area (Å²) < 4.78 is 0. The Kier molecular flexibility index (Phi) is 4.50. The van der Waals surface area contributed by atoms with Gasteiger partial charge in [0, 0.05) is 0 Å². The van der Waals surface area contributed by atoms with E-state index in [1.54, 1.807) is 0 Å². The van der Waals surface area contributed by atoms with E-state index in [2.05, 4.69) is 33.8 Å². The van der Waals surface area contributed by atoms with E-state index in [-0.39, 0.29) is 5.92 Å². The van der Waals surface area contributed by atoms with Crippen LogP contribution in [0.3, 0.4) is 0 Å². The zero-order valence-corrected chi connectivity index (χ0v) is 13.7. The zero-order valence-electron chi connectivity index (χ0n) is 13.7. The highest BCUT2D eigenvalue weighted by atomic mass is 16.3. The van der Waals surface area contributed by atoms with E-state index in [4.69, 9.17) is 0 Å². The summed E-state index contributed by atoms with van der Waals surface area (Å²) in [5.41, 5.74) is -1.28. The van der Waals surface area contributed by atoms with E-state index in [0.717, 1.165) is 32.1 Å². The Labute approximate surface area is 124 Å². The fraction of sp³-hybridized carbons (Fsp3) is 0.944. The predicted octanol–water partition coefficient (Wildman–Crippen LogP) is 4.53. The quantitative estimate of drug-likeness (QED) is 0.806. The van der Waals surface area contributed by atoms with E-state index in [1.165, 1.54) is 12.8 Å². The second kappa shape index (κ2) is 5.68. The van der Waals surface area contributed by atoms with Gasteiger partial charge in [-0.3, -0.25) is 0 Å². The van der Waals surface area contributed by atoms with Gasteiger partial charge < -0.3 is 5.11 Å². The monoisotopic (exact) mass is 277 g/mol. The van der Waals surface area contributed by atoms with Crippen LogP contribution in [0.5, 0.6) is 0 Å². The summed E-state index contributed by atoms with van der Waals surface area (Å²) in [7, 11) is 0. The highest BCUT2D eigenvalue weighted by Gasteiger charge is 2.58. The average Bonchev–Trinajstić information content (AvgIpc) is 2.37. The second-order valence-electron chi connectivity index (χ2n) is 8.06. The van der Waals surface area contributed by atoms with Crippen LogP contribution in [0, 0.1) is 40.4 Å². The molecule has 114 valence electrons. The molecule has 0 heterocycles.